The number of nitrogens with zero attached hydrogens (tertiary/aromatic N) is 3. The predicted octanol–water partition coefficient (Wildman–Crippen LogP) is 3.22. The number of hydrogen-bond donors (Lipinski definition) is 1. The molecule has 0 bridgehead atoms. The monoisotopic (exact) mass is 266 g/mol. The van der Waals surface area contributed by atoms with E-state index in [-0.39, 0.29) is 0 Å². The van der Waals surface area contributed by atoms with Crippen LogP contribution in [0, 0.1) is 5.92 Å². The first kappa shape index (κ1) is 13.5. The third kappa shape index (κ3) is 3.07. The highest BCUT2D eigenvalue weighted by molar-refractivity contribution is 8.15. The molecule has 2 rings (SSSR count). The summed E-state index contributed by atoms with van der Waals surface area (Å²) in [5, 5.41) is 9.30. The fourth-order valence-corrected chi connectivity index (χ4v) is 3.58. The SMILES string of the molecule is CCC(CC)C1CN=C(Nc2cnn(CC)c2)S1. The lowest BCUT2D eigenvalue weighted by molar-refractivity contribution is 0.479. The van der Waals surface area contributed by atoms with Gasteiger partial charge in [-0.1, -0.05) is 38.5 Å². The summed E-state index contributed by atoms with van der Waals surface area (Å²) in [6.07, 6.45) is 6.36. The zero-order chi connectivity index (χ0) is 13.0. The molecule has 4 nitrogen and oxygen atoms in total. The second-order valence-corrected chi connectivity index (χ2v) is 5.82. The van der Waals surface area contributed by atoms with Crippen molar-refractivity contribution in [2.45, 2.75) is 45.4 Å². The van der Waals surface area contributed by atoms with E-state index in [4.69, 9.17) is 0 Å². The highest BCUT2D eigenvalue weighted by Crippen LogP contribution is 2.31. The van der Waals surface area contributed by atoms with Crippen LogP contribution >= 0.6 is 11.8 Å². The Labute approximate surface area is 113 Å². The number of hydrogen-bond acceptors (Lipinski definition) is 4. The van der Waals surface area contributed by atoms with Crippen molar-refractivity contribution in [2.24, 2.45) is 10.9 Å². The van der Waals surface area contributed by atoms with Gasteiger partial charge < -0.3 is 5.32 Å². The molecule has 0 aliphatic carbocycles. The standard InChI is InChI=1S/C13H22N4S/c1-4-10(5-2)12-8-14-13(18-12)16-11-7-15-17(6-3)9-11/h7,9-10,12H,4-6,8H2,1-3H3,(H,14,16). The van der Waals surface area contributed by atoms with E-state index in [1.54, 1.807) is 0 Å². The van der Waals surface area contributed by atoms with Gasteiger partial charge in [0.1, 0.15) is 0 Å². The van der Waals surface area contributed by atoms with Gasteiger partial charge in [0.15, 0.2) is 5.17 Å². The van der Waals surface area contributed by atoms with E-state index in [0.29, 0.717) is 5.25 Å². The summed E-state index contributed by atoms with van der Waals surface area (Å²) in [7, 11) is 0. The first-order valence-electron chi connectivity index (χ1n) is 6.77. The lowest BCUT2D eigenvalue weighted by Crippen LogP contribution is -2.17. The summed E-state index contributed by atoms with van der Waals surface area (Å²) in [5.74, 6) is 0.774. The molecule has 0 spiro atoms. The molecule has 18 heavy (non-hydrogen) atoms. The number of amidine groups is 1. The summed E-state index contributed by atoms with van der Waals surface area (Å²) in [6.45, 7) is 8.47. The molecule has 0 saturated carbocycles. The molecule has 1 aromatic heterocycles. The molecule has 0 fully saturated rings. The maximum absolute atomic E-state index is 4.60. The van der Waals surface area contributed by atoms with Gasteiger partial charge in [0.2, 0.25) is 0 Å². The molecule has 1 unspecified atom stereocenters. The lowest BCUT2D eigenvalue weighted by Gasteiger charge is -2.18. The molecule has 5 heteroatoms. The maximum atomic E-state index is 4.60. The Hall–Kier alpha value is -0.970. The van der Waals surface area contributed by atoms with Crippen LogP contribution in [-0.2, 0) is 6.54 Å². The highest BCUT2D eigenvalue weighted by atomic mass is 32.2. The van der Waals surface area contributed by atoms with Crippen LogP contribution in [-0.4, -0.2) is 26.7 Å². The van der Waals surface area contributed by atoms with Gasteiger partial charge in [-0.3, -0.25) is 9.67 Å². The Morgan fingerprint density at radius 2 is 2.22 bits per heavy atom. The van der Waals surface area contributed by atoms with Gasteiger partial charge in [-0.25, -0.2) is 0 Å². The molecule has 1 aliphatic heterocycles. The van der Waals surface area contributed by atoms with Crippen molar-refractivity contribution in [3.63, 3.8) is 0 Å². The fraction of sp³-hybridized carbons (Fsp3) is 0.692. The minimum absolute atomic E-state index is 0.642. The normalized spacial score (nSPS) is 19.3. The first-order valence-corrected chi connectivity index (χ1v) is 7.65. The van der Waals surface area contributed by atoms with Crippen molar-refractivity contribution in [3.05, 3.63) is 12.4 Å². The molecular formula is C13H22N4S. The average Bonchev–Trinajstić information content (AvgIpc) is 3.01. The number of aryl methyl sites for hydroxylation is 1. The molecule has 0 amide bonds. The Morgan fingerprint density at radius 1 is 1.44 bits per heavy atom. The molecule has 0 radical (unpaired) electrons. The number of aromatic nitrogens is 2. The summed E-state index contributed by atoms with van der Waals surface area (Å²) in [5.41, 5.74) is 1.04. The van der Waals surface area contributed by atoms with Gasteiger partial charge in [0.25, 0.3) is 0 Å². The van der Waals surface area contributed by atoms with Crippen LogP contribution in [0.1, 0.15) is 33.6 Å². The lowest BCUT2D eigenvalue weighted by atomic mass is 9.99. The zero-order valence-corrected chi connectivity index (χ0v) is 12.2. The van der Waals surface area contributed by atoms with Crippen LogP contribution in [0.4, 0.5) is 5.69 Å². The van der Waals surface area contributed by atoms with Crippen molar-refractivity contribution >= 4 is 22.6 Å². The number of anilines is 1. The van der Waals surface area contributed by atoms with Crippen LogP contribution in [0.25, 0.3) is 0 Å². The molecule has 2 heterocycles. The summed E-state index contributed by atoms with van der Waals surface area (Å²) < 4.78 is 1.92. The molecule has 1 aliphatic rings. The van der Waals surface area contributed by atoms with Crippen molar-refractivity contribution < 1.29 is 0 Å². The molecule has 1 atom stereocenters. The van der Waals surface area contributed by atoms with Crippen molar-refractivity contribution in [1.29, 1.82) is 0 Å². The van der Waals surface area contributed by atoms with Gasteiger partial charge in [-0.2, -0.15) is 5.10 Å². The second kappa shape index (κ2) is 6.27. The topological polar surface area (TPSA) is 42.2 Å². The van der Waals surface area contributed by atoms with E-state index >= 15 is 0 Å². The number of nitrogens with one attached hydrogen (secondary N) is 1. The van der Waals surface area contributed by atoms with E-state index < -0.39 is 0 Å². The Kier molecular flexibility index (Phi) is 4.69. The van der Waals surface area contributed by atoms with Gasteiger partial charge >= 0.3 is 0 Å². The fourth-order valence-electron chi connectivity index (χ4n) is 2.24. The second-order valence-electron chi connectivity index (χ2n) is 4.59. The quantitative estimate of drug-likeness (QED) is 0.889. The largest absolute Gasteiger partial charge is 0.332 e. The Bertz CT molecular complexity index is 409. The van der Waals surface area contributed by atoms with E-state index in [9.17, 15) is 0 Å². The van der Waals surface area contributed by atoms with Crippen molar-refractivity contribution in [1.82, 2.24) is 9.78 Å². The molecular weight excluding hydrogens is 244 g/mol. The molecule has 1 N–H and O–H groups in total. The Balaban J connectivity index is 1.89. The van der Waals surface area contributed by atoms with Gasteiger partial charge in [-0.15, -0.1) is 0 Å². The number of thioether (sulfide) groups is 1. The molecule has 0 saturated heterocycles. The van der Waals surface area contributed by atoms with Gasteiger partial charge in [0, 0.05) is 18.0 Å². The smallest absolute Gasteiger partial charge is 0.161 e. The van der Waals surface area contributed by atoms with Crippen LogP contribution < -0.4 is 5.32 Å². The van der Waals surface area contributed by atoms with E-state index in [2.05, 4.69) is 36.2 Å². The van der Waals surface area contributed by atoms with E-state index in [1.165, 1.54) is 12.8 Å². The van der Waals surface area contributed by atoms with Gasteiger partial charge in [0.05, 0.1) is 18.4 Å². The number of rotatable bonds is 5. The molecule has 100 valence electrons. The van der Waals surface area contributed by atoms with Crippen LogP contribution in [0.5, 0.6) is 0 Å². The van der Waals surface area contributed by atoms with E-state index in [1.807, 2.05) is 28.8 Å². The summed E-state index contributed by atoms with van der Waals surface area (Å²) >= 11 is 1.88. The van der Waals surface area contributed by atoms with E-state index in [0.717, 1.165) is 29.9 Å². The molecule has 1 aromatic rings. The minimum atomic E-state index is 0.642. The third-order valence-electron chi connectivity index (χ3n) is 3.46. The summed E-state index contributed by atoms with van der Waals surface area (Å²) in [6, 6.07) is 0. The molecule has 0 aromatic carbocycles. The Morgan fingerprint density at radius 3 is 2.83 bits per heavy atom. The van der Waals surface area contributed by atoms with Crippen LogP contribution in [0.2, 0.25) is 0 Å². The highest BCUT2D eigenvalue weighted by Gasteiger charge is 2.25. The van der Waals surface area contributed by atoms with Crippen LogP contribution in [0.15, 0.2) is 17.4 Å². The van der Waals surface area contributed by atoms with Gasteiger partial charge in [-0.05, 0) is 12.8 Å². The van der Waals surface area contributed by atoms with Crippen molar-refractivity contribution in [3.8, 4) is 0 Å². The number of aliphatic imine (C=N–C) groups is 1. The summed E-state index contributed by atoms with van der Waals surface area (Å²) in [4.78, 5) is 4.60. The average molecular weight is 266 g/mol. The zero-order valence-electron chi connectivity index (χ0n) is 11.4. The first-order chi connectivity index (χ1) is 8.76. The predicted molar refractivity (Wildman–Crippen MR) is 79.3 cm³/mol. The third-order valence-corrected chi connectivity index (χ3v) is 4.75. The minimum Gasteiger partial charge on any atom is -0.332 e. The van der Waals surface area contributed by atoms with Crippen molar-refractivity contribution in [2.75, 3.05) is 11.9 Å². The maximum Gasteiger partial charge on any atom is 0.161 e. The van der Waals surface area contributed by atoms with Crippen LogP contribution in [0.3, 0.4) is 0 Å².